The van der Waals surface area contributed by atoms with Crippen LogP contribution in [0.2, 0.25) is 10.0 Å². The average Bonchev–Trinajstić information content (AvgIpc) is 2.77. The van der Waals surface area contributed by atoms with Crippen LogP contribution < -0.4 is 4.74 Å². The summed E-state index contributed by atoms with van der Waals surface area (Å²) in [6, 6.07) is 4.63. The second kappa shape index (κ2) is 6.15. The van der Waals surface area contributed by atoms with Crippen LogP contribution in [-0.4, -0.2) is 27.5 Å². The molecule has 0 saturated carbocycles. The van der Waals surface area contributed by atoms with Gasteiger partial charge in [0, 0.05) is 30.4 Å². The number of rotatable bonds is 5. The molecule has 0 fully saturated rings. The van der Waals surface area contributed by atoms with Gasteiger partial charge in [0.25, 0.3) is 0 Å². The highest BCUT2D eigenvalue weighted by atomic mass is 35.5. The fourth-order valence-electron chi connectivity index (χ4n) is 1.77. The molecular weight excluding hydrogens is 303 g/mol. The number of aromatic carboxylic acids is 1. The molecule has 1 aromatic carbocycles. The maximum Gasteiger partial charge on any atom is 0.339 e. The first-order valence-corrected chi connectivity index (χ1v) is 6.56. The third-order valence-corrected chi connectivity index (χ3v) is 3.26. The first-order valence-electron chi connectivity index (χ1n) is 5.81. The fraction of sp³-hybridized carbons (Fsp3) is 0.231. The van der Waals surface area contributed by atoms with E-state index >= 15 is 0 Å². The lowest BCUT2D eigenvalue weighted by Gasteiger charge is -2.11. The Labute approximate surface area is 125 Å². The summed E-state index contributed by atoms with van der Waals surface area (Å²) in [7, 11) is 1.83. The van der Waals surface area contributed by atoms with Crippen molar-refractivity contribution in [3.8, 4) is 5.75 Å². The van der Waals surface area contributed by atoms with Crippen molar-refractivity contribution >= 4 is 29.2 Å². The second-order valence-corrected chi connectivity index (χ2v) is 4.96. The number of hydrogen-bond acceptors (Lipinski definition) is 3. The summed E-state index contributed by atoms with van der Waals surface area (Å²) >= 11 is 11.8. The molecule has 1 heterocycles. The Hall–Kier alpha value is -1.72. The molecule has 0 saturated heterocycles. The lowest BCUT2D eigenvalue weighted by molar-refractivity contribution is 0.0692. The topological polar surface area (TPSA) is 64.4 Å². The maximum absolute atomic E-state index is 11.2. The molecule has 0 aliphatic heterocycles. The standard InChI is InChI=1S/C13H12Cl2N2O3/c1-17-9(2-4-16-17)3-5-20-12-10(13(18)19)6-8(14)7-11(12)15/h2,4,6-7H,3,5H2,1H3,(H,18,19). The lowest BCUT2D eigenvalue weighted by Crippen LogP contribution is -2.09. The molecule has 2 rings (SSSR count). The quantitative estimate of drug-likeness (QED) is 0.921. The Bertz CT molecular complexity index is 641. The molecule has 7 heteroatoms. The molecule has 0 spiro atoms. The zero-order chi connectivity index (χ0) is 14.7. The van der Waals surface area contributed by atoms with Crippen LogP contribution >= 0.6 is 23.2 Å². The third-order valence-electron chi connectivity index (χ3n) is 2.77. The van der Waals surface area contributed by atoms with Crippen LogP contribution in [0.3, 0.4) is 0 Å². The van der Waals surface area contributed by atoms with Gasteiger partial charge in [-0.2, -0.15) is 5.10 Å². The van der Waals surface area contributed by atoms with Crippen LogP contribution in [0.5, 0.6) is 5.75 Å². The predicted octanol–water partition coefficient (Wildman–Crippen LogP) is 3.05. The minimum Gasteiger partial charge on any atom is -0.491 e. The van der Waals surface area contributed by atoms with Gasteiger partial charge >= 0.3 is 5.97 Å². The van der Waals surface area contributed by atoms with Crippen molar-refractivity contribution in [1.29, 1.82) is 0 Å². The monoisotopic (exact) mass is 314 g/mol. The van der Waals surface area contributed by atoms with E-state index in [1.807, 2.05) is 13.1 Å². The molecule has 0 radical (unpaired) electrons. The van der Waals surface area contributed by atoms with Crippen molar-refractivity contribution in [1.82, 2.24) is 9.78 Å². The third kappa shape index (κ3) is 3.23. The van der Waals surface area contributed by atoms with Gasteiger partial charge in [-0.3, -0.25) is 4.68 Å². The van der Waals surface area contributed by atoms with Gasteiger partial charge < -0.3 is 9.84 Å². The molecule has 0 amide bonds. The lowest BCUT2D eigenvalue weighted by atomic mass is 10.2. The molecule has 0 aliphatic carbocycles. The van der Waals surface area contributed by atoms with E-state index in [1.165, 1.54) is 12.1 Å². The second-order valence-electron chi connectivity index (χ2n) is 4.11. The van der Waals surface area contributed by atoms with Crippen LogP contribution in [0.1, 0.15) is 16.1 Å². The first-order chi connectivity index (χ1) is 9.49. The summed E-state index contributed by atoms with van der Waals surface area (Å²) in [5.74, 6) is -1.00. The number of carboxylic acid groups (broad SMARTS) is 1. The van der Waals surface area contributed by atoms with E-state index in [4.69, 9.17) is 33.0 Å². The highest BCUT2D eigenvalue weighted by Crippen LogP contribution is 2.32. The van der Waals surface area contributed by atoms with Gasteiger partial charge in [0.05, 0.1) is 11.6 Å². The largest absolute Gasteiger partial charge is 0.491 e. The smallest absolute Gasteiger partial charge is 0.339 e. The summed E-state index contributed by atoms with van der Waals surface area (Å²) in [6.45, 7) is 0.293. The summed E-state index contributed by atoms with van der Waals surface area (Å²) < 4.78 is 7.23. The Morgan fingerprint density at radius 3 is 2.80 bits per heavy atom. The van der Waals surface area contributed by atoms with E-state index in [0.717, 1.165) is 5.69 Å². The summed E-state index contributed by atoms with van der Waals surface area (Å²) in [5, 5.41) is 13.6. The van der Waals surface area contributed by atoms with Crippen LogP contribution in [0.25, 0.3) is 0 Å². The van der Waals surface area contributed by atoms with Crippen molar-refractivity contribution in [2.45, 2.75) is 6.42 Å². The van der Waals surface area contributed by atoms with E-state index in [1.54, 1.807) is 10.9 Å². The predicted molar refractivity (Wildman–Crippen MR) is 75.8 cm³/mol. The number of benzene rings is 1. The number of aryl methyl sites for hydroxylation is 1. The number of aromatic nitrogens is 2. The zero-order valence-electron chi connectivity index (χ0n) is 10.6. The summed E-state index contributed by atoms with van der Waals surface area (Å²) in [6.07, 6.45) is 2.28. The molecule has 2 aromatic rings. The summed E-state index contributed by atoms with van der Waals surface area (Å²) in [5.41, 5.74) is 0.930. The summed E-state index contributed by atoms with van der Waals surface area (Å²) in [4.78, 5) is 11.2. The van der Waals surface area contributed by atoms with Crippen LogP contribution in [0.4, 0.5) is 0 Å². The molecule has 0 unspecified atom stereocenters. The number of carboxylic acids is 1. The van der Waals surface area contributed by atoms with Crippen molar-refractivity contribution in [2.24, 2.45) is 7.05 Å². The van der Waals surface area contributed by atoms with Gasteiger partial charge in [0.15, 0.2) is 5.75 Å². The Morgan fingerprint density at radius 2 is 2.20 bits per heavy atom. The van der Waals surface area contributed by atoms with Crippen molar-refractivity contribution in [2.75, 3.05) is 6.61 Å². The molecule has 0 aliphatic rings. The maximum atomic E-state index is 11.2. The van der Waals surface area contributed by atoms with Crippen molar-refractivity contribution < 1.29 is 14.6 Å². The van der Waals surface area contributed by atoms with Gasteiger partial charge in [-0.1, -0.05) is 23.2 Å². The molecule has 0 atom stereocenters. The minimum atomic E-state index is -1.13. The molecule has 1 aromatic heterocycles. The first kappa shape index (κ1) is 14.7. The van der Waals surface area contributed by atoms with E-state index in [-0.39, 0.29) is 21.4 Å². The number of halogens is 2. The molecule has 5 nitrogen and oxygen atoms in total. The zero-order valence-corrected chi connectivity index (χ0v) is 12.1. The van der Waals surface area contributed by atoms with E-state index in [2.05, 4.69) is 5.10 Å². The molecule has 0 bridgehead atoms. The van der Waals surface area contributed by atoms with Gasteiger partial charge in [-0.25, -0.2) is 4.79 Å². The number of carbonyl (C=O) groups is 1. The van der Waals surface area contributed by atoms with E-state index in [9.17, 15) is 4.79 Å². The average molecular weight is 315 g/mol. The van der Waals surface area contributed by atoms with Gasteiger partial charge in [-0.05, 0) is 18.2 Å². The van der Waals surface area contributed by atoms with Crippen molar-refractivity contribution in [3.05, 3.63) is 45.7 Å². The molecular formula is C13H12Cl2N2O3. The van der Waals surface area contributed by atoms with Gasteiger partial charge in [0.1, 0.15) is 5.56 Å². The van der Waals surface area contributed by atoms with Crippen LogP contribution in [-0.2, 0) is 13.5 Å². The number of hydrogen-bond donors (Lipinski definition) is 1. The van der Waals surface area contributed by atoms with Gasteiger partial charge in [0.2, 0.25) is 0 Å². The minimum absolute atomic E-state index is 0.0486. The van der Waals surface area contributed by atoms with E-state index < -0.39 is 5.97 Å². The van der Waals surface area contributed by atoms with Gasteiger partial charge in [-0.15, -0.1) is 0 Å². The van der Waals surface area contributed by atoms with Crippen molar-refractivity contribution in [3.63, 3.8) is 0 Å². The molecule has 106 valence electrons. The fourth-order valence-corrected chi connectivity index (χ4v) is 2.32. The Kier molecular flexibility index (Phi) is 4.52. The normalized spacial score (nSPS) is 10.6. The Balaban J connectivity index is 2.13. The van der Waals surface area contributed by atoms with E-state index in [0.29, 0.717) is 13.0 Å². The SMILES string of the molecule is Cn1nccc1CCOc1c(Cl)cc(Cl)cc1C(=O)O. The van der Waals surface area contributed by atoms with Crippen LogP contribution in [0.15, 0.2) is 24.4 Å². The number of ether oxygens (including phenoxy) is 1. The highest BCUT2D eigenvalue weighted by molar-refractivity contribution is 6.36. The highest BCUT2D eigenvalue weighted by Gasteiger charge is 2.16. The Morgan fingerprint density at radius 1 is 1.45 bits per heavy atom. The molecule has 20 heavy (non-hydrogen) atoms. The number of nitrogens with zero attached hydrogens (tertiary/aromatic N) is 2. The molecule has 1 N–H and O–H groups in total. The van der Waals surface area contributed by atoms with Crippen LogP contribution in [0, 0.1) is 0 Å².